The van der Waals surface area contributed by atoms with Crippen LogP contribution in [0.2, 0.25) is 0 Å². The lowest BCUT2D eigenvalue weighted by molar-refractivity contribution is 0.149. The highest BCUT2D eigenvalue weighted by atomic mass is 32.2. The van der Waals surface area contributed by atoms with Crippen LogP contribution in [0.1, 0.15) is 37.4 Å². The molecular formula is C19H20F2N4O3S. The number of hydrogen-bond acceptors (Lipinski definition) is 6. The maximum atomic E-state index is 13.2. The second-order valence-corrected chi connectivity index (χ2v) is 9.03. The molecule has 0 radical (unpaired) electrons. The quantitative estimate of drug-likeness (QED) is 0.673. The first-order chi connectivity index (χ1) is 13.5. The number of sulfone groups is 1. The van der Waals surface area contributed by atoms with Crippen LogP contribution >= 0.6 is 0 Å². The fourth-order valence-electron chi connectivity index (χ4n) is 2.96. The van der Waals surface area contributed by atoms with Gasteiger partial charge in [-0.05, 0) is 50.6 Å². The zero-order valence-electron chi connectivity index (χ0n) is 16.3. The van der Waals surface area contributed by atoms with Crippen LogP contribution in [-0.2, 0) is 9.84 Å². The van der Waals surface area contributed by atoms with Gasteiger partial charge in [0.15, 0.2) is 9.84 Å². The Bertz CT molecular complexity index is 1250. The molecule has 0 bridgehead atoms. The van der Waals surface area contributed by atoms with Crippen LogP contribution in [0.15, 0.2) is 40.2 Å². The standard InChI is InChI=1S/C19H20F2N4O3S/c1-10(2)25-17-12(8-14(16(20)21)18(25)26)9-22-19(24-17)23-15-6-5-13(7-11(15)3)29(4,27)28/h5-10,16H,1-4H3,(H,22,23,24). The number of benzene rings is 1. The van der Waals surface area contributed by atoms with Crippen LogP contribution in [0.4, 0.5) is 20.4 Å². The molecule has 3 rings (SSSR count). The van der Waals surface area contributed by atoms with E-state index in [-0.39, 0.29) is 22.5 Å². The first-order valence-corrected chi connectivity index (χ1v) is 10.7. The monoisotopic (exact) mass is 422 g/mol. The molecule has 0 amide bonds. The molecule has 0 aliphatic carbocycles. The highest BCUT2D eigenvalue weighted by Gasteiger charge is 2.20. The molecule has 1 N–H and O–H groups in total. The molecule has 3 aromatic rings. The Morgan fingerprint density at radius 1 is 1.17 bits per heavy atom. The Morgan fingerprint density at radius 2 is 1.86 bits per heavy atom. The summed E-state index contributed by atoms with van der Waals surface area (Å²) in [7, 11) is -3.33. The van der Waals surface area contributed by atoms with Gasteiger partial charge in [-0.2, -0.15) is 4.98 Å². The number of pyridine rings is 1. The van der Waals surface area contributed by atoms with Crippen molar-refractivity contribution < 1.29 is 17.2 Å². The van der Waals surface area contributed by atoms with Gasteiger partial charge in [0.2, 0.25) is 5.95 Å². The van der Waals surface area contributed by atoms with Gasteiger partial charge in [0.05, 0.1) is 10.5 Å². The van der Waals surface area contributed by atoms with Gasteiger partial charge in [-0.1, -0.05) is 0 Å². The number of nitrogens with zero attached hydrogens (tertiary/aromatic N) is 3. The number of aryl methyl sites for hydroxylation is 1. The maximum Gasteiger partial charge on any atom is 0.269 e. The Labute approximate surface area is 166 Å². The van der Waals surface area contributed by atoms with Crippen LogP contribution in [0, 0.1) is 6.92 Å². The lowest BCUT2D eigenvalue weighted by Gasteiger charge is -2.16. The number of fused-ring (bicyclic) bond motifs is 1. The van der Waals surface area contributed by atoms with E-state index >= 15 is 0 Å². The van der Waals surface area contributed by atoms with Crippen LogP contribution in [-0.4, -0.2) is 29.2 Å². The fraction of sp³-hybridized carbons (Fsp3) is 0.316. The average Bonchev–Trinajstić information content (AvgIpc) is 2.61. The fourth-order valence-corrected chi connectivity index (χ4v) is 3.67. The molecule has 0 aliphatic rings. The number of rotatable bonds is 5. The van der Waals surface area contributed by atoms with E-state index in [4.69, 9.17) is 0 Å². The zero-order chi connectivity index (χ0) is 21.5. The number of anilines is 2. The Hall–Kier alpha value is -2.88. The molecular weight excluding hydrogens is 402 g/mol. The largest absolute Gasteiger partial charge is 0.324 e. The van der Waals surface area contributed by atoms with Gasteiger partial charge >= 0.3 is 0 Å². The van der Waals surface area contributed by atoms with E-state index in [2.05, 4.69) is 15.3 Å². The molecule has 0 aliphatic heterocycles. The summed E-state index contributed by atoms with van der Waals surface area (Å²) in [6.45, 7) is 5.15. The van der Waals surface area contributed by atoms with Crippen molar-refractivity contribution in [3.63, 3.8) is 0 Å². The smallest absolute Gasteiger partial charge is 0.269 e. The summed E-state index contributed by atoms with van der Waals surface area (Å²) in [4.78, 5) is 21.1. The summed E-state index contributed by atoms with van der Waals surface area (Å²) in [5.74, 6) is 0.159. The summed E-state index contributed by atoms with van der Waals surface area (Å²) >= 11 is 0. The lowest BCUT2D eigenvalue weighted by atomic mass is 10.2. The van der Waals surface area contributed by atoms with Crippen LogP contribution in [0.25, 0.3) is 11.0 Å². The van der Waals surface area contributed by atoms with Crippen molar-refractivity contribution in [2.24, 2.45) is 0 Å². The number of aromatic nitrogens is 3. The SMILES string of the molecule is Cc1cc(S(C)(=O)=O)ccc1Nc1ncc2cc(C(F)F)c(=O)n(C(C)C)c2n1. The second-order valence-electron chi connectivity index (χ2n) is 7.02. The van der Waals surface area contributed by atoms with Crippen molar-refractivity contribution in [3.05, 3.63) is 51.9 Å². The van der Waals surface area contributed by atoms with Crippen molar-refractivity contribution in [2.45, 2.75) is 38.1 Å². The Morgan fingerprint density at radius 3 is 2.41 bits per heavy atom. The van der Waals surface area contributed by atoms with Gasteiger partial charge in [-0.15, -0.1) is 0 Å². The van der Waals surface area contributed by atoms with E-state index in [9.17, 15) is 22.0 Å². The van der Waals surface area contributed by atoms with E-state index < -0.39 is 27.4 Å². The molecule has 29 heavy (non-hydrogen) atoms. The summed E-state index contributed by atoms with van der Waals surface area (Å²) in [6.07, 6.45) is -0.402. The summed E-state index contributed by atoms with van der Waals surface area (Å²) in [5.41, 5.74) is 0.0891. The molecule has 2 heterocycles. The molecule has 0 saturated carbocycles. The molecule has 2 aromatic heterocycles. The van der Waals surface area contributed by atoms with Crippen molar-refractivity contribution in [1.82, 2.24) is 14.5 Å². The van der Waals surface area contributed by atoms with E-state index in [0.717, 1.165) is 12.3 Å². The van der Waals surface area contributed by atoms with Gasteiger partial charge in [-0.25, -0.2) is 22.2 Å². The molecule has 0 fully saturated rings. The van der Waals surface area contributed by atoms with Gasteiger partial charge in [0, 0.05) is 29.6 Å². The average molecular weight is 422 g/mol. The minimum Gasteiger partial charge on any atom is -0.324 e. The Kier molecular flexibility index (Phi) is 5.40. The first kappa shape index (κ1) is 20.8. The van der Waals surface area contributed by atoms with Gasteiger partial charge in [0.25, 0.3) is 12.0 Å². The zero-order valence-corrected chi connectivity index (χ0v) is 17.1. The minimum absolute atomic E-state index is 0.159. The summed E-state index contributed by atoms with van der Waals surface area (Å²) < 4.78 is 51.0. The number of nitrogens with one attached hydrogen (secondary N) is 1. The maximum absolute atomic E-state index is 13.2. The molecule has 1 aromatic carbocycles. The predicted molar refractivity (Wildman–Crippen MR) is 107 cm³/mol. The third-order valence-corrected chi connectivity index (χ3v) is 5.54. The summed E-state index contributed by atoms with van der Waals surface area (Å²) in [5, 5.41) is 3.31. The van der Waals surface area contributed by atoms with Crippen molar-refractivity contribution in [3.8, 4) is 0 Å². The predicted octanol–water partition coefficient (Wildman–Crippen LogP) is 3.77. The first-order valence-electron chi connectivity index (χ1n) is 8.77. The molecule has 0 saturated heterocycles. The van der Waals surface area contributed by atoms with E-state index in [0.29, 0.717) is 16.6 Å². The second kappa shape index (κ2) is 7.51. The van der Waals surface area contributed by atoms with E-state index in [1.54, 1.807) is 26.8 Å². The van der Waals surface area contributed by atoms with E-state index in [1.807, 2.05) is 0 Å². The van der Waals surface area contributed by atoms with Crippen LogP contribution in [0.3, 0.4) is 0 Å². The molecule has 0 spiro atoms. The normalized spacial score (nSPS) is 12.1. The van der Waals surface area contributed by atoms with Gasteiger partial charge in [0.1, 0.15) is 5.65 Å². The van der Waals surface area contributed by atoms with Crippen LogP contribution < -0.4 is 10.9 Å². The van der Waals surface area contributed by atoms with Crippen LogP contribution in [0.5, 0.6) is 0 Å². The highest BCUT2D eigenvalue weighted by Crippen LogP contribution is 2.25. The Balaban J connectivity index is 2.10. The van der Waals surface area contributed by atoms with Gasteiger partial charge < -0.3 is 5.32 Å². The molecule has 10 heteroatoms. The highest BCUT2D eigenvalue weighted by molar-refractivity contribution is 7.90. The third kappa shape index (κ3) is 4.12. The molecule has 0 unspecified atom stereocenters. The number of halogens is 2. The molecule has 0 atom stereocenters. The minimum atomic E-state index is -3.33. The topological polar surface area (TPSA) is 94.0 Å². The van der Waals surface area contributed by atoms with Crippen molar-refractivity contribution in [2.75, 3.05) is 11.6 Å². The van der Waals surface area contributed by atoms with Gasteiger partial charge in [-0.3, -0.25) is 9.36 Å². The number of hydrogen-bond donors (Lipinski definition) is 1. The molecule has 154 valence electrons. The molecule has 7 nitrogen and oxygen atoms in total. The lowest BCUT2D eigenvalue weighted by Crippen LogP contribution is -2.26. The third-order valence-electron chi connectivity index (χ3n) is 4.42. The summed E-state index contributed by atoms with van der Waals surface area (Å²) in [6, 6.07) is 5.30. The number of alkyl halides is 2. The van der Waals surface area contributed by atoms with Crippen molar-refractivity contribution in [1.29, 1.82) is 0 Å². The van der Waals surface area contributed by atoms with Crippen molar-refractivity contribution >= 4 is 32.5 Å². The van der Waals surface area contributed by atoms with E-state index in [1.165, 1.54) is 22.9 Å².